The van der Waals surface area contributed by atoms with E-state index in [0.29, 0.717) is 17.5 Å². The molecule has 0 unspecified atom stereocenters. The first-order valence-electron chi connectivity index (χ1n) is 8.51. The van der Waals surface area contributed by atoms with Gasteiger partial charge in [0, 0.05) is 11.4 Å². The third kappa shape index (κ3) is 5.28. The Balaban J connectivity index is 1.46. The van der Waals surface area contributed by atoms with Gasteiger partial charge in [0.05, 0.1) is 22.4 Å². The fourth-order valence-corrected chi connectivity index (χ4v) is 4.02. The summed E-state index contributed by atoms with van der Waals surface area (Å²) >= 11 is 2.69. The molecule has 26 heavy (non-hydrogen) atoms. The van der Waals surface area contributed by atoms with E-state index in [9.17, 15) is 9.59 Å². The Morgan fingerprint density at radius 3 is 2.85 bits per heavy atom. The molecule has 0 bridgehead atoms. The number of nitrogens with zero attached hydrogens (tertiary/aromatic N) is 3. The lowest BCUT2D eigenvalue weighted by atomic mass is 10.2. The molecule has 8 nitrogen and oxygen atoms in total. The number of thioether (sulfide) groups is 1. The van der Waals surface area contributed by atoms with Crippen LogP contribution in [0.25, 0.3) is 0 Å². The van der Waals surface area contributed by atoms with Crippen LogP contribution in [0.15, 0.2) is 15.0 Å². The highest BCUT2D eigenvalue weighted by Crippen LogP contribution is 2.23. The second-order valence-corrected chi connectivity index (χ2v) is 8.55. The highest BCUT2D eigenvalue weighted by atomic mass is 32.2. The number of carbonyl (C=O) groups is 2. The monoisotopic (exact) mass is 395 g/mol. The Kier molecular flexibility index (Phi) is 6.25. The van der Waals surface area contributed by atoms with Crippen molar-refractivity contribution in [3.63, 3.8) is 0 Å². The molecule has 0 radical (unpaired) electrons. The van der Waals surface area contributed by atoms with E-state index in [4.69, 9.17) is 4.42 Å². The predicted molar refractivity (Wildman–Crippen MR) is 98.2 cm³/mol. The van der Waals surface area contributed by atoms with Crippen molar-refractivity contribution in [2.24, 2.45) is 0 Å². The van der Waals surface area contributed by atoms with Gasteiger partial charge in [0.25, 0.3) is 5.22 Å². The molecule has 0 saturated heterocycles. The zero-order chi connectivity index (χ0) is 18.5. The fraction of sp³-hybridized carbons (Fsp3) is 0.562. The van der Waals surface area contributed by atoms with Crippen LogP contribution >= 0.6 is 23.1 Å². The highest BCUT2D eigenvalue weighted by molar-refractivity contribution is 8.00. The summed E-state index contributed by atoms with van der Waals surface area (Å²) in [5.74, 6) is 0.0600. The molecular formula is C16H21N5O3S2. The van der Waals surface area contributed by atoms with E-state index in [1.54, 1.807) is 18.3 Å². The minimum atomic E-state index is -0.529. The van der Waals surface area contributed by atoms with Crippen molar-refractivity contribution in [3.05, 3.63) is 22.0 Å². The first-order chi connectivity index (χ1) is 12.5. The Hall–Kier alpha value is -1.94. The van der Waals surface area contributed by atoms with Crippen LogP contribution in [-0.2, 0) is 11.2 Å². The number of aryl methyl sites for hydroxylation is 1. The lowest BCUT2D eigenvalue weighted by Crippen LogP contribution is -2.45. The van der Waals surface area contributed by atoms with Crippen molar-refractivity contribution in [3.8, 4) is 0 Å². The van der Waals surface area contributed by atoms with Crippen molar-refractivity contribution < 1.29 is 14.0 Å². The van der Waals surface area contributed by atoms with Crippen LogP contribution in [0, 0.1) is 6.92 Å². The molecule has 2 N–H and O–H groups in total. The Morgan fingerprint density at radius 1 is 1.38 bits per heavy atom. The van der Waals surface area contributed by atoms with Gasteiger partial charge in [0.15, 0.2) is 0 Å². The third-order valence-electron chi connectivity index (χ3n) is 4.02. The van der Waals surface area contributed by atoms with Crippen molar-refractivity contribution in [1.29, 1.82) is 0 Å². The number of hydrogen-bond acceptors (Lipinski definition) is 8. The molecular weight excluding hydrogens is 374 g/mol. The average Bonchev–Trinajstić information content (AvgIpc) is 3.31. The summed E-state index contributed by atoms with van der Waals surface area (Å²) in [6.07, 6.45) is 4.63. The lowest BCUT2D eigenvalue weighted by Gasteiger charge is -2.13. The fourth-order valence-electron chi connectivity index (χ4n) is 2.71. The number of amides is 3. The molecule has 140 valence electrons. The van der Waals surface area contributed by atoms with Crippen LogP contribution in [0.2, 0.25) is 0 Å². The van der Waals surface area contributed by atoms with Gasteiger partial charge in [-0.15, -0.1) is 21.5 Å². The summed E-state index contributed by atoms with van der Waals surface area (Å²) in [4.78, 5) is 28.4. The van der Waals surface area contributed by atoms with Gasteiger partial charge in [-0.1, -0.05) is 24.6 Å². The molecule has 1 fully saturated rings. The topological polar surface area (TPSA) is 110 Å². The smallest absolute Gasteiger partial charge is 0.321 e. The van der Waals surface area contributed by atoms with Crippen LogP contribution in [-0.4, -0.2) is 38.4 Å². The van der Waals surface area contributed by atoms with Gasteiger partial charge in [-0.25, -0.2) is 9.78 Å². The number of urea groups is 1. The molecule has 0 spiro atoms. The van der Waals surface area contributed by atoms with Gasteiger partial charge in [-0.2, -0.15) is 0 Å². The molecule has 2 heterocycles. The third-order valence-corrected chi connectivity index (χ3v) is 5.78. The van der Waals surface area contributed by atoms with Crippen molar-refractivity contribution in [2.75, 3.05) is 0 Å². The minimum absolute atomic E-state index is 0.165. The molecule has 2 aromatic heterocycles. The van der Waals surface area contributed by atoms with Crippen LogP contribution in [0.5, 0.6) is 0 Å². The number of thiazole rings is 1. The average molecular weight is 396 g/mol. The number of carbonyl (C=O) groups excluding carboxylic acids is 2. The molecule has 10 heteroatoms. The van der Waals surface area contributed by atoms with Gasteiger partial charge in [0.2, 0.25) is 11.8 Å². The quantitative estimate of drug-likeness (QED) is 0.724. The summed E-state index contributed by atoms with van der Waals surface area (Å²) in [6, 6.07) is -0.280. The first-order valence-corrected chi connectivity index (χ1v) is 10.3. The summed E-state index contributed by atoms with van der Waals surface area (Å²) in [5.41, 5.74) is 0.877. The van der Waals surface area contributed by atoms with Gasteiger partial charge >= 0.3 is 6.03 Å². The lowest BCUT2D eigenvalue weighted by molar-refractivity contribution is -0.119. The number of hydrogen-bond donors (Lipinski definition) is 2. The second-order valence-electron chi connectivity index (χ2n) is 6.20. The van der Waals surface area contributed by atoms with Gasteiger partial charge in [-0.05, 0) is 26.7 Å². The SMILES string of the molecule is Cc1nc(Cc2nnc(S[C@@H](C)C(=O)NC(=O)NC3CCCC3)o2)cs1. The second kappa shape index (κ2) is 8.63. The molecule has 1 aliphatic carbocycles. The molecule has 1 atom stereocenters. The zero-order valence-corrected chi connectivity index (χ0v) is 16.3. The van der Waals surface area contributed by atoms with E-state index in [0.717, 1.165) is 48.1 Å². The van der Waals surface area contributed by atoms with E-state index < -0.39 is 11.3 Å². The molecule has 1 aliphatic rings. The first kappa shape index (κ1) is 18.8. The standard InChI is InChI=1S/C16H21N5O3S2/c1-9(14(22)19-15(23)18-11-5-3-4-6-11)26-16-21-20-13(24-16)7-12-8-25-10(2)17-12/h8-9,11H,3-7H2,1-2H3,(H2,18,19,22,23)/t9-/m0/s1. The summed E-state index contributed by atoms with van der Waals surface area (Å²) in [5, 5.41) is 15.8. The molecule has 0 aliphatic heterocycles. The maximum absolute atomic E-state index is 12.1. The van der Waals surface area contributed by atoms with E-state index in [-0.39, 0.29) is 11.9 Å². The number of imide groups is 1. The summed E-state index contributed by atoms with van der Waals surface area (Å²) < 4.78 is 5.56. The molecule has 3 rings (SSSR count). The van der Waals surface area contributed by atoms with Gasteiger partial charge in [0.1, 0.15) is 0 Å². The van der Waals surface area contributed by atoms with E-state index in [2.05, 4.69) is 25.8 Å². The van der Waals surface area contributed by atoms with E-state index in [1.165, 1.54) is 0 Å². The molecule has 2 aromatic rings. The zero-order valence-electron chi connectivity index (χ0n) is 14.7. The molecule has 3 amide bonds. The van der Waals surface area contributed by atoms with Crippen LogP contribution in [0.1, 0.15) is 49.2 Å². The number of nitrogens with one attached hydrogen (secondary N) is 2. The van der Waals surface area contributed by atoms with Crippen LogP contribution in [0.4, 0.5) is 4.79 Å². The summed E-state index contributed by atoms with van der Waals surface area (Å²) in [6.45, 7) is 3.63. The predicted octanol–water partition coefficient (Wildman–Crippen LogP) is 2.67. The van der Waals surface area contributed by atoms with Gasteiger partial charge < -0.3 is 9.73 Å². The normalized spacial score (nSPS) is 15.8. The maximum atomic E-state index is 12.1. The van der Waals surface area contributed by atoms with Crippen LogP contribution < -0.4 is 10.6 Å². The number of rotatable bonds is 6. The van der Waals surface area contributed by atoms with E-state index in [1.807, 2.05) is 12.3 Å². The largest absolute Gasteiger partial charge is 0.416 e. The van der Waals surface area contributed by atoms with Crippen molar-refractivity contribution in [1.82, 2.24) is 25.8 Å². The minimum Gasteiger partial charge on any atom is -0.416 e. The van der Waals surface area contributed by atoms with Gasteiger partial charge in [-0.3, -0.25) is 10.1 Å². The summed E-state index contributed by atoms with van der Waals surface area (Å²) in [7, 11) is 0. The molecule has 1 saturated carbocycles. The maximum Gasteiger partial charge on any atom is 0.321 e. The highest BCUT2D eigenvalue weighted by Gasteiger charge is 2.22. The van der Waals surface area contributed by atoms with Crippen molar-refractivity contribution in [2.45, 2.75) is 62.5 Å². The van der Waals surface area contributed by atoms with Crippen molar-refractivity contribution >= 4 is 35.0 Å². The Morgan fingerprint density at radius 2 is 2.15 bits per heavy atom. The number of aromatic nitrogens is 3. The Labute approximate surface area is 159 Å². The Bertz CT molecular complexity index is 770. The molecule has 0 aromatic carbocycles. The van der Waals surface area contributed by atoms with Crippen LogP contribution in [0.3, 0.4) is 0 Å². The van der Waals surface area contributed by atoms with E-state index >= 15 is 0 Å².